The van der Waals surface area contributed by atoms with Crippen molar-refractivity contribution in [2.24, 2.45) is 0 Å². The summed E-state index contributed by atoms with van der Waals surface area (Å²) < 4.78 is 0. The number of hydrogen-bond acceptors (Lipinski definition) is 0. The van der Waals surface area contributed by atoms with Gasteiger partial charge in [0.2, 0.25) is 0 Å². The fraction of sp³-hybridized carbons (Fsp3) is 0.125. The second kappa shape index (κ2) is 3.96. The quantitative estimate of drug-likeness (QED) is 0.685. The molecular formula is C8H9Cl2N. The first-order chi connectivity index (χ1) is 5.24. The van der Waals surface area contributed by atoms with Crippen LogP contribution in [-0.2, 0) is 6.54 Å². The first kappa shape index (κ1) is 8.85. The largest absolute Gasteiger partial charge is 0.475 e. The van der Waals surface area contributed by atoms with Gasteiger partial charge in [0.1, 0.15) is 0 Å². The van der Waals surface area contributed by atoms with Crippen LogP contribution in [0.3, 0.4) is 0 Å². The Kier molecular flexibility index (Phi) is 3.18. The summed E-state index contributed by atoms with van der Waals surface area (Å²) in [4.78, 5) is 0. The second-order valence-electron chi connectivity index (χ2n) is 2.23. The van der Waals surface area contributed by atoms with Gasteiger partial charge >= 0.3 is 0 Å². The van der Waals surface area contributed by atoms with E-state index in [0.29, 0.717) is 5.02 Å². The van der Waals surface area contributed by atoms with Crippen LogP contribution in [0.5, 0.6) is 0 Å². The molecule has 0 amide bonds. The lowest BCUT2D eigenvalue weighted by Gasteiger charge is -2.03. The highest BCUT2D eigenvalue weighted by molar-refractivity contribution is 6.33. The summed E-state index contributed by atoms with van der Waals surface area (Å²) in [5.74, 6) is 0. The zero-order chi connectivity index (χ0) is 8.27. The van der Waals surface area contributed by atoms with Crippen molar-refractivity contribution in [2.45, 2.75) is 6.54 Å². The molecular weight excluding hydrogens is 181 g/mol. The molecule has 1 nitrogen and oxygen atoms in total. The molecule has 0 atom stereocenters. The highest BCUT2D eigenvalue weighted by Gasteiger charge is 1.99. The maximum absolute atomic E-state index is 5.87. The molecule has 0 aliphatic heterocycles. The van der Waals surface area contributed by atoms with Gasteiger partial charge in [-0.3, -0.25) is 0 Å². The van der Waals surface area contributed by atoms with Crippen molar-refractivity contribution >= 4 is 23.2 Å². The average molecular weight is 190 g/mol. The van der Waals surface area contributed by atoms with E-state index in [9.17, 15) is 0 Å². The lowest BCUT2D eigenvalue weighted by Crippen LogP contribution is -2.74. The highest BCUT2D eigenvalue weighted by Crippen LogP contribution is 2.19. The minimum absolute atomic E-state index is 0.714. The van der Waals surface area contributed by atoms with Crippen LogP contribution in [0.1, 0.15) is 5.56 Å². The molecule has 0 aliphatic rings. The second-order valence-corrected chi connectivity index (χ2v) is 3.07. The minimum Gasteiger partial charge on any atom is -0.475 e. The maximum Gasteiger partial charge on any atom is 0.0788 e. The van der Waals surface area contributed by atoms with E-state index in [0.717, 1.165) is 17.1 Å². The molecule has 0 aliphatic carbocycles. The van der Waals surface area contributed by atoms with E-state index in [1.54, 1.807) is 17.4 Å². The monoisotopic (exact) mass is 189 g/mol. The van der Waals surface area contributed by atoms with Gasteiger partial charge in [-0.05, 0) is 18.2 Å². The summed E-state index contributed by atoms with van der Waals surface area (Å²) in [7, 11) is 3.63. The van der Waals surface area contributed by atoms with Crippen molar-refractivity contribution < 1.29 is 5.32 Å². The zero-order valence-electron chi connectivity index (χ0n) is 5.98. The van der Waals surface area contributed by atoms with Crippen LogP contribution in [0.4, 0.5) is 0 Å². The third-order valence-electron chi connectivity index (χ3n) is 1.37. The van der Waals surface area contributed by atoms with Gasteiger partial charge in [-0.2, -0.15) is 7.05 Å². The van der Waals surface area contributed by atoms with Crippen LogP contribution >= 0.6 is 23.2 Å². The predicted octanol–water partition coefficient (Wildman–Crippen LogP) is 1.85. The minimum atomic E-state index is 0.714. The SMILES string of the molecule is [CH2-][NH2+]Cc1cc(Cl)ccc1Cl. The van der Waals surface area contributed by atoms with E-state index < -0.39 is 0 Å². The van der Waals surface area contributed by atoms with E-state index in [4.69, 9.17) is 23.2 Å². The van der Waals surface area contributed by atoms with E-state index in [1.165, 1.54) is 0 Å². The predicted molar refractivity (Wildman–Crippen MR) is 47.4 cm³/mol. The van der Waals surface area contributed by atoms with E-state index in [-0.39, 0.29) is 0 Å². The summed E-state index contributed by atoms with van der Waals surface area (Å²) in [5, 5.41) is 3.26. The average Bonchev–Trinajstić information content (AvgIpc) is 1.98. The molecule has 1 aromatic carbocycles. The van der Waals surface area contributed by atoms with Gasteiger partial charge in [-0.1, -0.05) is 23.2 Å². The summed E-state index contributed by atoms with van der Waals surface area (Å²) in [6.45, 7) is 0.763. The van der Waals surface area contributed by atoms with E-state index >= 15 is 0 Å². The molecule has 0 saturated heterocycles. The van der Waals surface area contributed by atoms with Gasteiger partial charge in [0.05, 0.1) is 6.54 Å². The van der Waals surface area contributed by atoms with Gasteiger partial charge < -0.3 is 5.32 Å². The third kappa shape index (κ3) is 2.37. The van der Waals surface area contributed by atoms with Crippen molar-refractivity contribution in [1.29, 1.82) is 0 Å². The molecule has 0 saturated carbocycles. The van der Waals surface area contributed by atoms with Crippen LogP contribution in [-0.4, -0.2) is 0 Å². The summed E-state index contributed by atoms with van der Waals surface area (Å²) in [6.07, 6.45) is 0. The lowest BCUT2D eigenvalue weighted by atomic mass is 10.2. The van der Waals surface area contributed by atoms with Crippen LogP contribution in [0.2, 0.25) is 10.0 Å². The Morgan fingerprint density at radius 3 is 2.73 bits per heavy atom. The van der Waals surface area contributed by atoms with Crippen molar-refractivity contribution in [1.82, 2.24) is 0 Å². The number of nitrogens with two attached hydrogens (primary N) is 1. The number of rotatable bonds is 2. The Morgan fingerprint density at radius 1 is 1.36 bits per heavy atom. The van der Waals surface area contributed by atoms with Gasteiger partial charge in [0, 0.05) is 15.6 Å². The summed E-state index contributed by atoms with van der Waals surface area (Å²) in [6, 6.07) is 5.42. The Morgan fingerprint density at radius 2 is 2.09 bits per heavy atom. The maximum atomic E-state index is 5.87. The van der Waals surface area contributed by atoms with Crippen molar-refractivity contribution in [3.8, 4) is 0 Å². The highest BCUT2D eigenvalue weighted by atomic mass is 35.5. The first-order valence-electron chi connectivity index (χ1n) is 3.29. The fourth-order valence-electron chi connectivity index (χ4n) is 0.855. The molecule has 0 fully saturated rings. The van der Waals surface area contributed by atoms with Gasteiger partial charge in [0.25, 0.3) is 0 Å². The van der Waals surface area contributed by atoms with Crippen LogP contribution in [0, 0.1) is 7.05 Å². The fourth-order valence-corrected chi connectivity index (χ4v) is 1.24. The van der Waals surface area contributed by atoms with Gasteiger partial charge in [0.15, 0.2) is 0 Å². The van der Waals surface area contributed by atoms with Crippen molar-refractivity contribution in [3.63, 3.8) is 0 Å². The van der Waals surface area contributed by atoms with Gasteiger partial charge in [-0.15, -0.1) is 0 Å². The Balaban J connectivity index is 2.93. The Labute approximate surface area is 76.3 Å². The molecule has 1 aromatic rings. The smallest absolute Gasteiger partial charge is 0.0788 e. The van der Waals surface area contributed by atoms with Crippen LogP contribution in [0.25, 0.3) is 0 Å². The summed E-state index contributed by atoms with van der Waals surface area (Å²) >= 11 is 11.6. The summed E-state index contributed by atoms with van der Waals surface area (Å²) in [5.41, 5.74) is 1.02. The van der Waals surface area contributed by atoms with Gasteiger partial charge in [-0.25, -0.2) is 0 Å². The molecule has 0 spiro atoms. The molecule has 60 valence electrons. The third-order valence-corrected chi connectivity index (χ3v) is 1.98. The topological polar surface area (TPSA) is 16.6 Å². The van der Waals surface area contributed by atoms with Crippen LogP contribution in [0.15, 0.2) is 18.2 Å². The number of hydrogen-bond donors (Lipinski definition) is 1. The molecule has 0 radical (unpaired) electrons. The number of quaternary nitrogens is 1. The standard InChI is InChI=1S/C8H9Cl2N/c1-11-5-6-4-7(9)2-3-8(6)10/h2-4H,1,5,11H2. The Hall–Kier alpha value is -0.240. The zero-order valence-corrected chi connectivity index (χ0v) is 7.49. The number of halogens is 2. The molecule has 11 heavy (non-hydrogen) atoms. The molecule has 0 unspecified atom stereocenters. The normalized spacial score (nSPS) is 10.1. The molecule has 0 bridgehead atoms. The van der Waals surface area contributed by atoms with Crippen molar-refractivity contribution in [3.05, 3.63) is 40.9 Å². The first-order valence-corrected chi connectivity index (χ1v) is 4.04. The molecule has 1 rings (SSSR count). The van der Waals surface area contributed by atoms with Crippen molar-refractivity contribution in [2.75, 3.05) is 0 Å². The van der Waals surface area contributed by atoms with E-state index in [1.807, 2.05) is 6.07 Å². The van der Waals surface area contributed by atoms with Crippen LogP contribution < -0.4 is 5.32 Å². The molecule has 0 aromatic heterocycles. The Bertz CT molecular complexity index is 248. The van der Waals surface area contributed by atoms with E-state index in [2.05, 4.69) is 7.05 Å². The molecule has 2 N–H and O–H groups in total. The molecule has 0 heterocycles. The lowest BCUT2D eigenvalue weighted by molar-refractivity contribution is -0.612. The number of benzene rings is 1. The molecule has 3 heteroatoms.